The summed E-state index contributed by atoms with van der Waals surface area (Å²) in [5, 5.41) is 17.8. The zero-order valence-electron chi connectivity index (χ0n) is 8.13. The summed E-state index contributed by atoms with van der Waals surface area (Å²) < 4.78 is 25.7. The minimum Gasteiger partial charge on any atom is -0.394 e. The van der Waals surface area contributed by atoms with E-state index in [0.717, 1.165) is 6.42 Å². The topological polar surface area (TPSA) is 81.1 Å². The monoisotopic (exact) mass is 224 g/mol. The molecule has 1 saturated heterocycles. The van der Waals surface area contributed by atoms with Crippen molar-refractivity contribution in [2.75, 3.05) is 33.3 Å². The first-order valence-electron chi connectivity index (χ1n) is 4.49. The molecule has 0 amide bonds. The quantitative estimate of drug-likeness (QED) is 0.594. The van der Waals surface area contributed by atoms with Crippen LogP contribution in [0, 0.1) is 0 Å². The van der Waals surface area contributed by atoms with Crippen LogP contribution in [0.4, 0.5) is 0 Å². The molecule has 1 aliphatic rings. The van der Waals surface area contributed by atoms with Crippen molar-refractivity contribution >= 4 is 10.2 Å². The van der Waals surface area contributed by atoms with Crippen molar-refractivity contribution in [3.63, 3.8) is 0 Å². The molecule has 1 unspecified atom stereocenters. The van der Waals surface area contributed by atoms with E-state index in [-0.39, 0.29) is 6.54 Å². The molecule has 0 aromatic rings. The molecule has 84 valence electrons. The van der Waals surface area contributed by atoms with Gasteiger partial charge in [-0.05, 0) is 6.42 Å². The summed E-state index contributed by atoms with van der Waals surface area (Å²) in [4.78, 5) is 0. The van der Waals surface area contributed by atoms with Gasteiger partial charge in [-0.25, -0.2) is 0 Å². The highest BCUT2D eigenvalue weighted by Crippen LogP contribution is 2.13. The molecule has 0 bridgehead atoms. The maximum atomic E-state index is 11.6. The molecule has 1 fully saturated rings. The van der Waals surface area contributed by atoms with Crippen LogP contribution in [0.15, 0.2) is 0 Å². The van der Waals surface area contributed by atoms with Crippen LogP contribution in [0.2, 0.25) is 0 Å². The van der Waals surface area contributed by atoms with Gasteiger partial charge in [0.1, 0.15) is 0 Å². The standard InChI is InChI=1S/C7H16N2O4S/c1-8-3-2-4-9(14(8,12)13)5-7(11)6-10/h7,10-11H,2-6H2,1H3. The number of hydrogen-bond acceptors (Lipinski definition) is 4. The molecule has 0 spiro atoms. The van der Waals surface area contributed by atoms with E-state index in [1.807, 2.05) is 0 Å². The van der Waals surface area contributed by atoms with Gasteiger partial charge in [0.25, 0.3) is 10.2 Å². The number of nitrogens with zero attached hydrogens (tertiary/aromatic N) is 2. The Labute approximate surface area is 83.9 Å². The Kier molecular flexibility index (Phi) is 3.85. The Morgan fingerprint density at radius 1 is 1.43 bits per heavy atom. The summed E-state index contributed by atoms with van der Waals surface area (Å²) in [6.07, 6.45) is -0.260. The molecule has 6 nitrogen and oxygen atoms in total. The van der Waals surface area contributed by atoms with Crippen molar-refractivity contribution in [2.24, 2.45) is 0 Å². The Morgan fingerprint density at radius 2 is 2.07 bits per heavy atom. The summed E-state index contributed by atoms with van der Waals surface area (Å²) >= 11 is 0. The molecule has 1 atom stereocenters. The highest BCUT2D eigenvalue weighted by Gasteiger charge is 2.31. The zero-order valence-corrected chi connectivity index (χ0v) is 8.94. The van der Waals surface area contributed by atoms with Gasteiger partial charge in [0.15, 0.2) is 0 Å². The lowest BCUT2D eigenvalue weighted by Crippen LogP contribution is -2.50. The second-order valence-corrected chi connectivity index (χ2v) is 5.41. The lowest BCUT2D eigenvalue weighted by Gasteiger charge is -2.33. The third kappa shape index (κ3) is 2.43. The van der Waals surface area contributed by atoms with Gasteiger partial charge in [0.2, 0.25) is 0 Å². The average Bonchev–Trinajstić information content (AvgIpc) is 2.13. The van der Waals surface area contributed by atoms with Gasteiger partial charge in [-0.1, -0.05) is 0 Å². The highest BCUT2D eigenvalue weighted by molar-refractivity contribution is 7.86. The Balaban J connectivity index is 2.68. The Hall–Kier alpha value is -0.210. The molecule has 1 heterocycles. The number of hydrogen-bond donors (Lipinski definition) is 2. The third-order valence-corrected chi connectivity index (χ3v) is 4.18. The van der Waals surface area contributed by atoms with Crippen LogP contribution in [0.5, 0.6) is 0 Å². The molecule has 0 aliphatic carbocycles. The minimum atomic E-state index is -3.41. The van der Waals surface area contributed by atoms with Crippen molar-refractivity contribution in [3.05, 3.63) is 0 Å². The van der Waals surface area contributed by atoms with Crippen LogP contribution < -0.4 is 0 Å². The summed E-state index contributed by atoms with van der Waals surface area (Å²) in [6, 6.07) is 0. The molecule has 7 heteroatoms. The first-order valence-corrected chi connectivity index (χ1v) is 5.88. The zero-order chi connectivity index (χ0) is 10.8. The van der Waals surface area contributed by atoms with Crippen molar-refractivity contribution < 1.29 is 18.6 Å². The summed E-state index contributed by atoms with van der Waals surface area (Å²) in [5.41, 5.74) is 0. The molecule has 0 aromatic heterocycles. The van der Waals surface area contributed by atoms with E-state index in [1.54, 1.807) is 0 Å². The van der Waals surface area contributed by atoms with Crippen molar-refractivity contribution in [2.45, 2.75) is 12.5 Å². The molecule has 2 N–H and O–H groups in total. The van der Waals surface area contributed by atoms with Crippen molar-refractivity contribution in [3.8, 4) is 0 Å². The van der Waals surface area contributed by atoms with Crippen LogP contribution in [-0.4, -0.2) is 66.6 Å². The fourth-order valence-corrected chi connectivity index (χ4v) is 2.85. The first-order chi connectivity index (χ1) is 6.48. The Bertz CT molecular complexity index is 279. The van der Waals surface area contributed by atoms with Gasteiger partial charge in [-0.2, -0.15) is 17.0 Å². The largest absolute Gasteiger partial charge is 0.394 e. The van der Waals surface area contributed by atoms with Crippen LogP contribution >= 0.6 is 0 Å². The van der Waals surface area contributed by atoms with Crippen LogP contribution in [0.3, 0.4) is 0 Å². The molecule has 1 rings (SSSR count). The first kappa shape index (κ1) is 11.9. The van der Waals surface area contributed by atoms with E-state index < -0.39 is 22.9 Å². The molecule has 1 aliphatic heterocycles. The second kappa shape index (κ2) is 4.54. The van der Waals surface area contributed by atoms with Crippen molar-refractivity contribution in [1.82, 2.24) is 8.61 Å². The molecular formula is C7H16N2O4S. The van der Waals surface area contributed by atoms with Gasteiger partial charge in [-0.15, -0.1) is 0 Å². The molecule has 0 saturated carbocycles. The van der Waals surface area contributed by atoms with E-state index in [0.29, 0.717) is 13.1 Å². The Morgan fingerprint density at radius 3 is 2.64 bits per heavy atom. The fraction of sp³-hybridized carbons (Fsp3) is 1.00. The van der Waals surface area contributed by atoms with E-state index in [4.69, 9.17) is 10.2 Å². The fourth-order valence-electron chi connectivity index (χ4n) is 1.38. The molecule has 0 radical (unpaired) electrons. The van der Waals surface area contributed by atoms with Crippen LogP contribution in [0.25, 0.3) is 0 Å². The summed E-state index contributed by atoms with van der Waals surface area (Å²) in [5.74, 6) is 0. The molecular weight excluding hydrogens is 208 g/mol. The lowest BCUT2D eigenvalue weighted by molar-refractivity contribution is 0.0750. The van der Waals surface area contributed by atoms with E-state index in [1.165, 1.54) is 15.7 Å². The highest BCUT2D eigenvalue weighted by atomic mass is 32.2. The normalized spacial score (nSPS) is 26.2. The lowest BCUT2D eigenvalue weighted by atomic mass is 10.3. The smallest absolute Gasteiger partial charge is 0.281 e. The molecule has 0 aromatic carbocycles. The third-order valence-electron chi connectivity index (χ3n) is 2.23. The van der Waals surface area contributed by atoms with Gasteiger partial charge in [-0.3, -0.25) is 0 Å². The van der Waals surface area contributed by atoms with Gasteiger partial charge in [0, 0.05) is 26.7 Å². The average molecular weight is 224 g/mol. The van der Waals surface area contributed by atoms with Gasteiger partial charge in [0.05, 0.1) is 12.7 Å². The van der Waals surface area contributed by atoms with Gasteiger partial charge >= 0.3 is 0 Å². The van der Waals surface area contributed by atoms with Crippen molar-refractivity contribution in [1.29, 1.82) is 0 Å². The molecule has 14 heavy (non-hydrogen) atoms. The second-order valence-electron chi connectivity index (χ2n) is 3.38. The minimum absolute atomic E-state index is 0.0385. The SMILES string of the molecule is CN1CCCN(CC(O)CO)S1(=O)=O. The number of aliphatic hydroxyl groups is 2. The maximum absolute atomic E-state index is 11.6. The van der Waals surface area contributed by atoms with E-state index in [2.05, 4.69) is 0 Å². The van der Waals surface area contributed by atoms with Gasteiger partial charge < -0.3 is 10.2 Å². The number of aliphatic hydroxyl groups excluding tert-OH is 2. The maximum Gasteiger partial charge on any atom is 0.281 e. The van der Waals surface area contributed by atoms with E-state index >= 15 is 0 Å². The summed E-state index contributed by atoms with van der Waals surface area (Å²) in [7, 11) is -1.91. The number of rotatable bonds is 3. The predicted octanol–water partition coefficient (Wildman–Crippen LogP) is -1.78. The number of β-amino-alcohol motifs (C(OH)–C–C–N with tert-alkyl or cyclic N) is 1. The predicted molar refractivity (Wildman–Crippen MR) is 50.8 cm³/mol. The van der Waals surface area contributed by atoms with E-state index in [9.17, 15) is 8.42 Å². The van der Waals surface area contributed by atoms with Crippen LogP contribution in [0.1, 0.15) is 6.42 Å². The van der Waals surface area contributed by atoms with Crippen LogP contribution in [-0.2, 0) is 10.2 Å². The summed E-state index contributed by atoms with van der Waals surface area (Å²) in [6.45, 7) is 0.455.